The summed E-state index contributed by atoms with van der Waals surface area (Å²) in [5.41, 5.74) is 12.6. The number of quaternary nitrogens is 1. The third-order valence-electron chi connectivity index (χ3n) is 13.8. The number of aliphatic hydroxyl groups excluding tert-OH is 2. The predicted molar refractivity (Wildman–Crippen MR) is 441 cm³/mol. The summed E-state index contributed by atoms with van der Waals surface area (Å²) in [6, 6.07) is 48.6. The van der Waals surface area contributed by atoms with Gasteiger partial charge in [0.05, 0.1) is 44.1 Å². The van der Waals surface area contributed by atoms with Gasteiger partial charge in [0.1, 0.15) is 16.8 Å². The Morgan fingerprint density at radius 1 is 0.509 bits per heavy atom. The maximum Gasteiger partial charge on any atom is 0.519 e. The molecule has 110 heavy (non-hydrogen) atoms. The first-order valence-electron chi connectivity index (χ1n) is 37.0. The number of benzene rings is 6. The van der Waals surface area contributed by atoms with E-state index in [1.807, 2.05) is 66.7 Å². The van der Waals surface area contributed by atoms with Crippen LogP contribution in [0.25, 0.3) is 0 Å². The summed E-state index contributed by atoms with van der Waals surface area (Å²) < 4.78 is 46.7. The second kappa shape index (κ2) is 64.0. The Labute approximate surface area is 677 Å². The maximum absolute atomic E-state index is 12.6. The Kier molecular flexibility index (Phi) is 62.6. The Morgan fingerprint density at radius 3 is 1.08 bits per heavy atom. The lowest BCUT2D eigenvalue weighted by Gasteiger charge is -2.20. The van der Waals surface area contributed by atoms with Gasteiger partial charge in [-0.25, -0.2) is 14.4 Å². The van der Waals surface area contributed by atoms with E-state index in [4.69, 9.17) is 59.3 Å². The summed E-state index contributed by atoms with van der Waals surface area (Å²) in [6.45, 7) is 28.3. The molecule has 6 aromatic carbocycles. The van der Waals surface area contributed by atoms with Gasteiger partial charge in [0.25, 0.3) is 0 Å². The second-order valence-corrected chi connectivity index (χ2v) is 26.6. The van der Waals surface area contributed by atoms with Crippen molar-refractivity contribution in [3.05, 3.63) is 214 Å². The lowest BCUT2D eigenvalue weighted by Crippen LogP contribution is -3.00. The van der Waals surface area contributed by atoms with Crippen LogP contribution in [0.4, 0.5) is 14.4 Å². The first kappa shape index (κ1) is 108. The van der Waals surface area contributed by atoms with Crippen LogP contribution in [0.2, 0.25) is 0 Å². The number of nitrogens with two attached hydrogens (primary N) is 1. The van der Waals surface area contributed by atoms with Crippen molar-refractivity contribution in [2.75, 3.05) is 52.7 Å². The predicted octanol–water partition coefficient (Wildman–Crippen LogP) is 14.7. The van der Waals surface area contributed by atoms with Crippen LogP contribution in [0.5, 0.6) is 0 Å². The highest BCUT2D eigenvalue weighted by atomic mass is 35.5. The van der Waals surface area contributed by atoms with Crippen LogP contribution in [-0.2, 0) is 47.5 Å². The largest absolute Gasteiger partial charge is 1.00 e. The molecule has 1 amide bonds. The summed E-state index contributed by atoms with van der Waals surface area (Å²) in [7, 11) is 1.25. The van der Waals surface area contributed by atoms with Gasteiger partial charge in [-0.15, -0.1) is 12.4 Å². The van der Waals surface area contributed by atoms with Gasteiger partial charge in [0, 0.05) is 62.3 Å². The van der Waals surface area contributed by atoms with Gasteiger partial charge in [-0.05, 0) is 168 Å². The Morgan fingerprint density at radius 2 is 0.818 bits per heavy atom. The van der Waals surface area contributed by atoms with Gasteiger partial charge >= 0.3 is 36.3 Å². The van der Waals surface area contributed by atoms with Crippen LogP contribution in [0.1, 0.15) is 262 Å². The number of hydrogen-bond acceptors (Lipinski definition) is 20. The van der Waals surface area contributed by atoms with E-state index in [-0.39, 0.29) is 88.1 Å². The number of rotatable bonds is 28. The molecule has 0 aromatic heterocycles. The molecule has 0 heterocycles. The van der Waals surface area contributed by atoms with Crippen molar-refractivity contribution >= 4 is 83.7 Å². The molecule has 0 fully saturated rings. The normalized spacial score (nSPS) is 11.0. The number of ether oxygens (including phenoxy) is 7. The minimum Gasteiger partial charge on any atom is -1.00 e. The van der Waals surface area contributed by atoms with E-state index in [2.05, 4.69) is 22.7 Å². The molecule has 8 N–H and O–H groups in total. The molecule has 0 aliphatic carbocycles. The van der Waals surface area contributed by atoms with E-state index in [9.17, 15) is 43.2 Å². The smallest absolute Gasteiger partial charge is 0.519 e. The summed E-state index contributed by atoms with van der Waals surface area (Å²) in [5.74, 6) is -2.43. The number of nitrogens with one attached hydrogen (secondary N) is 1. The SMILES string of the molecule is C.C.CC(C)(C)OC(=O)OC(=O)OC(C)(C)C.CCCCO.C[C@@H](C(=O)OCCCCC=S)c1cccc(C(=O)c2ccccc2)c1.C[C@@H](C(=O)OCCCNC(=O)OC(C)(C)C)c1cccc(C(=O)c2ccccc2)c1.C[C@@H](C(=O)OCCC[NH3+])c1cccc(C(=O)c2ccccc2)c1.Cl.NCCCO.[2H]CC.[3H]C.[Cl-]. The third-order valence-corrected chi connectivity index (χ3v) is 14.0. The molecule has 6 aromatic rings. The van der Waals surface area contributed by atoms with Crippen molar-refractivity contribution in [1.29, 1.82) is 0 Å². The van der Waals surface area contributed by atoms with Crippen LogP contribution < -0.4 is 29.2 Å². The number of unbranched alkanes of at least 4 members (excludes halogenated alkanes) is 3. The number of aliphatic hydroxyl groups is 2. The Bertz CT molecular complexity index is 3510. The quantitative estimate of drug-likeness (QED) is 0.00761. The third kappa shape index (κ3) is 51.6. The van der Waals surface area contributed by atoms with Gasteiger partial charge in [-0.2, -0.15) is 0 Å². The number of hydrogen-bond donors (Lipinski definition) is 5. The summed E-state index contributed by atoms with van der Waals surface area (Å²) >= 11 is 4.77. The topological polar surface area (TPSA) is 324 Å². The van der Waals surface area contributed by atoms with Crippen LogP contribution in [-0.4, -0.2) is 139 Å². The fraction of sp³-hybridized carbons (Fsp3) is 0.465. The monoisotopic (exact) mass is 1600 g/mol. The molecule has 6 rings (SSSR count). The van der Waals surface area contributed by atoms with Crippen molar-refractivity contribution in [2.45, 2.75) is 212 Å². The summed E-state index contributed by atoms with van der Waals surface area (Å²) in [5, 5.41) is 20.4. The van der Waals surface area contributed by atoms with Crippen molar-refractivity contribution in [3.63, 3.8) is 0 Å². The summed E-state index contributed by atoms with van der Waals surface area (Å²) in [6.07, 6.45) is 3.96. The molecule has 0 aliphatic heterocycles. The molecule has 0 saturated carbocycles. The highest BCUT2D eigenvalue weighted by Crippen LogP contribution is 2.24. The number of carbonyl (C=O) groups excluding carboxylic acids is 9. The number of alkyl carbamates (subject to hydrolysis) is 1. The molecule has 24 heteroatoms. The highest BCUT2D eigenvalue weighted by Gasteiger charge is 2.26. The zero-order chi connectivity index (χ0) is 82.1. The average Bonchev–Trinajstić information content (AvgIpc) is 0.846. The zero-order valence-corrected chi connectivity index (χ0v) is 68.2. The van der Waals surface area contributed by atoms with Crippen LogP contribution in [0.15, 0.2) is 164 Å². The first-order chi connectivity index (χ1) is 51.2. The number of halogens is 2. The average molecular weight is 1600 g/mol. The van der Waals surface area contributed by atoms with Gasteiger partial charge in [0.15, 0.2) is 17.3 Å². The molecule has 0 unspecified atom stereocenters. The van der Waals surface area contributed by atoms with Gasteiger partial charge in [-0.3, -0.25) is 28.8 Å². The van der Waals surface area contributed by atoms with E-state index < -0.39 is 53.0 Å². The fourth-order valence-electron chi connectivity index (χ4n) is 8.29. The maximum atomic E-state index is 12.6. The summed E-state index contributed by atoms with van der Waals surface area (Å²) in [4.78, 5) is 108. The van der Waals surface area contributed by atoms with Crippen molar-refractivity contribution in [2.24, 2.45) is 5.73 Å². The van der Waals surface area contributed by atoms with Crippen molar-refractivity contribution < 1.29 is 107 Å². The van der Waals surface area contributed by atoms with E-state index in [0.29, 0.717) is 85.2 Å². The van der Waals surface area contributed by atoms with E-state index >= 15 is 0 Å². The van der Waals surface area contributed by atoms with Crippen LogP contribution >= 0.6 is 24.6 Å². The molecule has 3 atom stereocenters. The molecule has 0 aliphatic rings. The van der Waals surface area contributed by atoms with Crippen molar-refractivity contribution in [3.8, 4) is 0 Å². The molecule has 0 bridgehead atoms. The molecule has 616 valence electrons. The van der Waals surface area contributed by atoms with Gasteiger partial charge in [-0.1, -0.05) is 207 Å². The molecule has 21 nitrogen and oxygen atoms in total. The highest BCUT2D eigenvalue weighted by molar-refractivity contribution is 7.78. The minimum absolute atomic E-state index is 0. The van der Waals surface area contributed by atoms with Crippen LogP contribution in [0.3, 0.4) is 0 Å². The number of amides is 1. The molecule has 0 radical (unpaired) electrons. The number of ketones is 3. The number of esters is 3. The number of carbonyl (C=O) groups is 9. The molecular weight excluding hydrogens is 1470 g/mol. The molecule has 0 saturated heterocycles. The second-order valence-electron chi connectivity index (χ2n) is 26.3. The molecular formula is C86H129Cl2N3O18S. The van der Waals surface area contributed by atoms with Gasteiger partial charge < -0.3 is 72.6 Å². The lowest BCUT2D eigenvalue weighted by molar-refractivity contribution is -0.369. The number of thiocarbonyl (C=S) groups is 1. The molecule has 0 spiro atoms. The van der Waals surface area contributed by atoms with Crippen molar-refractivity contribution in [1.82, 2.24) is 5.32 Å². The Hall–Kier alpha value is -8.74. The van der Waals surface area contributed by atoms with E-state index in [1.165, 1.54) is 7.40 Å². The van der Waals surface area contributed by atoms with E-state index in [0.717, 1.165) is 62.6 Å². The van der Waals surface area contributed by atoms with Gasteiger partial charge in [0.2, 0.25) is 0 Å². The van der Waals surface area contributed by atoms with E-state index in [1.54, 1.807) is 192 Å². The lowest BCUT2D eigenvalue weighted by atomic mass is 9.96. The standard InChI is InChI=1S/C24H29NO5.C21H22O3S.C19H21NO3.C10H18O5.C4H10O.C3H9NO.C2H6.3CH4.2ClH/c1-17(22(27)29-15-9-14-25-23(28)30-24(2,3)4)19-12-8-13-20(16-19)21(26)18-10-6-5-7-11-18;1-16(21(23)24-13-6-3-7-14-25)18-11-8-12-19(15-18)20(22)17-9-4-2-5-10-17;1-14(19(22)23-12-6-11-20)16-9-5-10-17(13-16)18(21)15-7-3-2-4-8-15;1-9(2,3)14-7(11)13-8(12)15-10(4,5)6;1-2-3-4-5;4-2-1-3-5;1-2;;;;;/h5-8,10-13,16-17H,9,14-15H2,1-4H3,(H,25,28);2,4-5,8-12,14-16H,3,6-7,13H2,1H3;2-5,7-10,13-14H,6,11-12,20H2,1H3;1-6H3;5H,2-4H2,1H3;5H,1-4H2;1-2H3;3*1H4;2*1H/t17-;16-;14-;;;;;;;;;/m111........./s1/i;;;;;;1D;1T;;;;. The first-order valence-corrected chi connectivity index (χ1v) is 35.8. The van der Waals surface area contributed by atoms with Crippen LogP contribution in [0, 0.1) is 0 Å². The fourth-order valence-corrected chi connectivity index (χ4v) is 8.45. The Balaban J connectivity index is -0.000000316. The zero-order valence-electron chi connectivity index (χ0n) is 67.8. The minimum atomic E-state index is -1.06.